The fourth-order valence-electron chi connectivity index (χ4n) is 1.39. The normalized spacial score (nSPS) is 10.1. The summed E-state index contributed by atoms with van der Waals surface area (Å²) >= 11 is 0. The minimum atomic E-state index is -0.542. The average Bonchev–Trinajstić information content (AvgIpc) is 2.81. The summed E-state index contributed by atoms with van der Waals surface area (Å²) in [5, 5.41) is 3.74. The zero-order valence-corrected chi connectivity index (χ0v) is 10.0. The Morgan fingerprint density at radius 3 is 3.00 bits per heavy atom. The van der Waals surface area contributed by atoms with E-state index in [0.29, 0.717) is 11.5 Å². The van der Waals surface area contributed by atoms with Gasteiger partial charge in [-0.1, -0.05) is 5.16 Å². The van der Waals surface area contributed by atoms with Crippen molar-refractivity contribution in [2.45, 2.75) is 13.5 Å². The minimum absolute atomic E-state index is 0.135. The average molecular weight is 248 g/mol. The molecule has 94 valence electrons. The van der Waals surface area contributed by atoms with Crippen molar-refractivity contribution in [2.24, 2.45) is 0 Å². The molecule has 0 radical (unpaired) electrons. The first-order valence-corrected chi connectivity index (χ1v) is 5.29. The van der Waals surface area contributed by atoms with Gasteiger partial charge in [-0.3, -0.25) is 0 Å². The lowest BCUT2D eigenvalue weighted by Gasteiger charge is -2.07. The first kappa shape index (κ1) is 12.1. The highest BCUT2D eigenvalue weighted by Gasteiger charge is 2.14. The Kier molecular flexibility index (Phi) is 3.57. The number of nitrogens with zero attached hydrogens (tertiary/aromatic N) is 2. The third-order valence-electron chi connectivity index (χ3n) is 2.20. The number of aromatic nitrogens is 2. The first-order valence-electron chi connectivity index (χ1n) is 5.29. The van der Waals surface area contributed by atoms with E-state index in [4.69, 9.17) is 9.26 Å². The summed E-state index contributed by atoms with van der Waals surface area (Å²) < 4.78 is 15.1. The van der Waals surface area contributed by atoms with Crippen LogP contribution in [0.1, 0.15) is 21.9 Å². The molecule has 0 aliphatic rings. The Bertz CT molecular complexity index is 551. The number of esters is 1. The van der Waals surface area contributed by atoms with Crippen LogP contribution in [-0.2, 0) is 11.3 Å². The van der Waals surface area contributed by atoms with Crippen molar-refractivity contribution >= 4 is 5.97 Å². The molecule has 0 aliphatic carbocycles. The van der Waals surface area contributed by atoms with E-state index in [2.05, 4.69) is 14.9 Å². The number of rotatable bonds is 4. The second-order valence-electron chi connectivity index (χ2n) is 3.57. The Hall–Kier alpha value is -2.37. The summed E-state index contributed by atoms with van der Waals surface area (Å²) in [6.07, 6.45) is 1.50. The summed E-state index contributed by atoms with van der Waals surface area (Å²) in [5.74, 6) is 0.380. The van der Waals surface area contributed by atoms with E-state index in [9.17, 15) is 4.79 Å². The van der Waals surface area contributed by atoms with Gasteiger partial charge in [-0.05, 0) is 19.1 Å². The maximum atomic E-state index is 11.4. The summed E-state index contributed by atoms with van der Waals surface area (Å²) in [4.78, 5) is 15.4. The first-order chi connectivity index (χ1) is 8.70. The molecule has 0 aliphatic heterocycles. The molecule has 0 saturated heterocycles. The molecule has 6 heteroatoms. The molecular formula is C12H12N2O4. The van der Waals surface area contributed by atoms with Gasteiger partial charge < -0.3 is 14.0 Å². The zero-order valence-electron chi connectivity index (χ0n) is 10.0. The molecule has 2 heterocycles. The Morgan fingerprint density at radius 1 is 1.50 bits per heavy atom. The molecule has 0 unspecified atom stereocenters. The van der Waals surface area contributed by atoms with Gasteiger partial charge in [0, 0.05) is 12.3 Å². The van der Waals surface area contributed by atoms with E-state index >= 15 is 0 Å². The predicted molar refractivity (Wildman–Crippen MR) is 61.1 cm³/mol. The number of carbonyl (C=O) groups is 1. The van der Waals surface area contributed by atoms with Gasteiger partial charge in [-0.15, -0.1) is 0 Å². The molecule has 0 spiro atoms. The van der Waals surface area contributed by atoms with E-state index in [1.807, 2.05) is 6.92 Å². The molecular weight excluding hydrogens is 236 g/mol. The SMILES string of the molecule is COC(=O)c1ncccc1OCc1cc(C)no1. The summed E-state index contributed by atoms with van der Waals surface area (Å²) in [5.41, 5.74) is 0.907. The van der Waals surface area contributed by atoms with Crippen molar-refractivity contribution in [1.82, 2.24) is 10.1 Å². The fraction of sp³-hybridized carbons (Fsp3) is 0.250. The van der Waals surface area contributed by atoms with Crippen LogP contribution in [0.15, 0.2) is 28.9 Å². The second-order valence-corrected chi connectivity index (χ2v) is 3.57. The van der Waals surface area contributed by atoms with Crippen molar-refractivity contribution in [3.63, 3.8) is 0 Å². The van der Waals surface area contributed by atoms with Crippen LogP contribution in [0.4, 0.5) is 0 Å². The van der Waals surface area contributed by atoms with Gasteiger partial charge in [-0.25, -0.2) is 9.78 Å². The number of aryl methyl sites for hydroxylation is 1. The lowest BCUT2D eigenvalue weighted by Crippen LogP contribution is -2.07. The number of carbonyl (C=O) groups excluding carboxylic acids is 1. The molecule has 0 atom stereocenters. The van der Waals surface area contributed by atoms with Crippen LogP contribution in [0, 0.1) is 6.92 Å². The maximum absolute atomic E-state index is 11.4. The number of hydrogen-bond acceptors (Lipinski definition) is 6. The predicted octanol–water partition coefficient (Wildman–Crippen LogP) is 1.74. The minimum Gasteiger partial charge on any atom is -0.483 e. The highest BCUT2D eigenvalue weighted by molar-refractivity contribution is 5.90. The topological polar surface area (TPSA) is 74.5 Å². The molecule has 6 nitrogen and oxygen atoms in total. The van der Waals surface area contributed by atoms with Gasteiger partial charge in [0.2, 0.25) is 0 Å². The maximum Gasteiger partial charge on any atom is 0.360 e. The summed E-state index contributed by atoms with van der Waals surface area (Å²) in [6.45, 7) is 1.99. The standard InChI is InChI=1S/C12H12N2O4/c1-8-6-9(18-14-8)7-17-10-4-3-5-13-11(10)12(15)16-2/h3-6H,7H2,1-2H3. The molecule has 2 aromatic rings. The van der Waals surface area contributed by atoms with Gasteiger partial charge in [-0.2, -0.15) is 0 Å². The van der Waals surface area contributed by atoms with Gasteiger partial charge in [0.15, 0.2) is 17.2 Å². The van der Waals surface area contributed by atoms with Crippen molar-refractivity contribution in [3.8, 4) is 5.75 Å². The molecule has 0 N–H and O–H groups in total. The lowest BCUT2D eigenvalue weighted by molar-refractivity contribution is 0.0587. The molecule has 0 fully saturated rings. The van der Waals surface area contributed by atoms with Crippen LogP contribution in [0.2, 0.25) is 0 Å². The Morgan fingerprint density at radius 2 is 2.33 bits per heavy atom. The smallest absolute Gasteiger partial charge is 0.360 e. The number of pyridine rings is 1. The highest BCUT2D eigenvalue weighted by atomic mass is 16.5. The summed E-state index contributed by atoms with van der Waals surface area (Å²) in [6, 6.07) is 5.07. The number of hydrogen-bond donors (Lipinski definition) is 0. The number of methoxy groups -OCH3 is 1. The van der Waals surface area contributed by atoms with Crippen molar-refractivity contribution in [2.75, 3.05) is 7.11 Å². The molecule has 0 bridgehead atoms. The molecule has 0 amide bonds. The van der Waals surface area contributed by atoms with Crippen molar-refractivity contribution in [1.29, 1.82) is 0 Å². The van der Waals surface area contributed by atoms with E-state index in [1.165, 1.54) is 13.3 Å². The van der Waals surface area contributed by atoms with Crippen LogP contribution in [0.5, 0.6) is 5.75 Å². The van der Waals surface area contributed by atoms with Crippen LogP contribution < -0.4 is 4.74 Å². The highest BCUT2D eigenvalue weighted by Crippen LogP contribution is 2.18. The Labute approximate surface area is 104 Å². The van der Waals surface area contributed by atoms with Gasteiger partial charge >= 0.3 is 5.97 Å². The van der Waals surface area contributed by atoms with Crippen LogP contribution in [0.3, 0.4) is 0 Å². The number of ether oxygens (including phenoxy) is 2. The third kappa shape index (κ3) is 2.65. The quantitative estimate of drug-likeness (QED) is 0.767. The third-order valence-corrected chi connectivity index (χ3v) is 2.20. The van der Waals surface area contributed by atoms with Gasteiger partial charge in [0.05, 0.1) is 12.8 Å². The fourth-order valence-corrected chi connectivity index (χ4v) is 1.39. The van der Waals surface area contributed by atoms with E-state index < -0.39 is 5.97 Å². The Balaban J connectivity index is 2.11. The van der Waals surface area contributed by atoms with Crippen LogP contribution >= 0.6 is 0 Å². The van der Waals surface area contributed by atoms with Crippen LogP contribution in [0.25, 0.3) is 0 Å². The van der Waals surface area contributed by atoms with Crippen molar-refractivity contribution < 1.29 is 18.8 Å². The van der Waals surface area contributed by atoms with Crippen LogP contribution in [-0.4, -0.2) is 23.2 Å². The molecule has 18 heavy (non-hydrogen) atoms. The lowest BCUT2D eigenvalue weighted by atomic mass is 10.3. The molecule has 2 rings (SSSR count). The van der Waals surface area contributed by atoms with E-state index in [1.54, 1.807) is 18.2 Å². The molecule has 0 aromatic carbocycles. The molecule has 0 saturated carbocycles. The zero-order chi connectivity index (χ0) is 13.0. The van der Waals surface area contributed by atoms with E-state index in [-0.39, 0.29) is 12.3 Å². The largest absolute Gasteiger partial charge is 0.483 e. The molecule has 2 aromatic heterocycles. The second kappa shape index (κ2) is 5.31. The van der Waals surface area contributed by atoms with Gasteiger partial charge in [0.25, 0.3) is 0 Å². The van der Waals surface area contributed by atoms with Crippen molar-refractivity contribution in [3.05, 3.63) is 41.5 Å². The van der Waals surface area contributed by atoms with Gasteiger partial charge in [0.1, 0.15) is 6.61 Å². The van der Waals surface area contributed by atoms with E-state index in [0.717, 1.165) is 5.69 Å². The summed E-state index contributed by atoms with van der Waals surface area (Å²) in [7, 11) is 1.29. The monoisotopic (exact) mass is 248 g/mol.